The molecule has 1 amide bonds. The summed E-state index contributed by atoms with van der Waals surface area (Å²) in [5, 5.41) is 7.33. The molecule has 0 spiro atoms. The molecule has 142 valence electrons. The first-order valence-electron chi connectivity index (χ1n) is 8.64. The van der Waals surface area contributed by atoms with E-state index >= 15 is 0 Å². The fourth-order valence-electron chi connectivity index (χ4n) is 2.82. The third-order valence-corrected chi connectivity index (χ3v) is 5.83. The number of carbonyl (C=O) groups is 2. The van der Waals surface area contributed by atoms with Crippen molar-refractivity contribution in [2.75, 3.05) is 12.4 Å². The van der Waals surface area contributed by atoms with Gasteiger partial charge in [0, 0.05) is 17.3 Å². The van der Waals surface area contributed by atoms with Crippen molar-refractivity contribution >= 4 is 39.7 Å². The summed E-state index contributed by atoms with van der Waals surface area (Å²) < 4.78 is 6.81. The van der Waals surface area contributed by atoms with Crippen molar-refractivity contribution < 1.29 is 14.3 Å². The number of amides is 1. The number of carbonyl (C=O) groups excluding carboxylic acids is 2. The maximum atomic E-state index is 12.7. The van der Waals surface area contributed by atoms with Gasteiger partial charge in [-0.15, -0.1) is 11.3 Å². The van der Waals surface area contributed by atoms with Gasteiger partial charge in [-0.2, -0.15) is 11.3 Å². The topological polar surface area (TPSA) is 73.2 Å². The zero-order chi connectivity index (χ0) is 19.2. The Balaban J connectivity index is 1.75. The maximum absolute atomic E-state index is 12.7. The first kappa shape index (κ1) is 19.3. The molecule has 0 aliphatic carbocycles. The number of thiophene rings is 1. The predicted molar refractivity (Wildman–Crippen MR) is 108 cm³/mol. The molecule has 8 heteroatoms. The number of nitrogens with one attached hydrogen (secondary N) is 1. The molecule has 0 bridgehead atoms. The molecule has 0 fully saturated rings. The van der Waals surface area contributed by atoms with Gasteiger partial charge in [-0.3, -0.25) is 4.79 Å². The van der Waals surface area contributed by atoms with Crippen LogP contribution in [-0.2, 0) is 16.0 Å². The minimum absolute atomic E-state index is 0.0820. The molecule has 1 unspecified atom stereocenters. The number of nitrogens with zero attached hydrogens (tertiary/aromatic N) is 2. The molecule has 3 heterocycles. The lowest BCUT2D eigenvalue weighted by atomic mass is 10.1. The lowest BCUT2D eigenvalue weighted by molar-refractivity contribution is -0.116. The van der Waals surface area contributed by atoms with Crippen molar-refractivity contribution in [2.24, 2.45) is 0 Å². The van der Waals surface area contributed by atoms with Crippen LogP contribution in [0.4, 0.5) is 5.13 Å². The number of hydrogen-bond donors (Lipinski definition) is 1. The number of methoxy groups -OCH3 is 1. The van der Waals surface area contributed by atoms with E-state index in [1.54, 1.807) is 11.3 Å². The third-order valence-electron chi connectivity index (χ3n) is 4.09. The highest BCUT2D eigenvalue weighted by Gasteiger charge is 2.22. The van der Waals surface area contributed by atoms with Gasteiger partial charge < -0.3 is 14.6 Å². The van der Waals surface area contributed by atoms with Crippen LogP contribution in [0.5, 0.6) is 0 Å². The third kappa shape index (κ3) is 4.64. The summed E-state index contributed by atoms with van der Waals surface area (Å²) in [6.45, 7) is 2.03. The molecule has 3 aromatic rings. The Morgan fingerprint density at radius 3 is 2.74 bits per heavy atom. The zero-order valence-corrected chi connectivity index (χ0v) is 16.8. The first-order valence-corrected chi connectivity index (χ1v) is 10.4. The van der Waals surface area contributed by atoms with Crippen LogP contribution in [-0.4, -0.2) is 28.5 Å². The molecule has 3 aromatic heterocycles. The molecule has 0 aliphatic rings. The number of aromatic nitrogens is 2. The molecule has 0 saturated carbocycles. The van der Waals surface area contributed by atoms with Gasteiger partial charge in [0.05, 0.1) is 19.6 Å². The number of hydrogen-bond acceptors (Lipinski definition) is 6. The smallest absolute Gasteiger partial charge is 0.357 e. The fourth-order valence-corrected chi connectivity index (χ4v) is 4.59. The van der Waals surface area contributed by atoms with E-state index in [2.05, 4.69) is 15.7 Å². The molecule has 0 aliphatic heterocycles. The van der Waals surface area contributed by atoms with E-state index in [0.717, 1.165) is 23.3 Å². The average Bonchev–Trinajstić information content (AvgIpc) is 3.41. The summed E-state index contributed by atoms with van der Waals surface area (Å²) in [4.78, 5) is 29.7. The normalized spacial score (nSPS) is 11.9. The number of ether oxygens (including phenoxy) is 1. The van der Waals surface area contributed by atoms with E-state index in [-0.39, 0.29) is 18.4 Å². The van der Waals surface area contributed by atoms with Crippen molar-refractivity contribution in [3.05, 3.63) is 57.5 Å². The van der Waals surface area contributed by atoms with E-state index in [9.17, 15) is 9.59 Å². The quantitative estimate of drug-likeness (QED) is 0.567. The van der Waals surface area contributed by atoms with Crippen molar-refractivity contribution in [3.63, 3.8) is 0 Å². The van der Waals surface area contributed by atoms with Crippen molar-refractivity contribution in [1.82, 2.24) is 9.55 Å². The van der Waals surface area contributed by atoms with Crippen LogP contribution < -0.4 is 5.32 Å². The molecule has 0 radical (unpaired) electrons. The molecule has 0 saturated heterocycles. The Bertz CT molecular complexity index is 851. The maximum Gasteiger partial charge on any atom is 0.357 e. The monoisotopic (exact) mass is 403 g/mol. The van der Waals surface area contributed by atoms with Gasteiger partial charge in [-0.25, -0.2) is 9.78 Å². The van der Waals surface area contributed by atoms with Gasteiger partial charge in [0.25, 0.3) is 0 Å². The van der Waals surface area contributed by atoms with Crippen LogP contribution in [0.3, 0.4) is 0 Å². The number of aryl methyl sites for hydroxylation is 1. The Labute approximate surface area is 165 Å². The molecule has 6 nitrogen and oxygen atoms in total. The minimum atomic E-state index is -0.473. The number of rotatable bonds is 8. The van der Waals surface area contributed by atoms with Crippen molar-refractivity contribution in [3.8, 4) is 0 Å². The average molecular weight is 404 g/mol. The molecule has 1 atom stereocenters. The largest absolute Gasteiger partial charge is 0.464 e. The van der Waals surface area contributed by atoms with Gasteiger partial charge in [0.1, 0.15) is 0 Å². The molecular weight excluding hydrogens is 382 g/mol. The van der Waals surface area contributed by atoms with Crippen LogP contribution in [0.2, 0.25) is 0 Å². The fraction of sp³-hybridized carbons (Fsp3) is 0.316. The second-order valence-electron chi connectivity index (χ2n) is 5.99. The van der Waals surface area contributed by atoms with E-state index in [1.165, 1.54) is 18.4 Å². The summed E-state index contributed by atoms with van der Waals surface area (Å²) in [6, 6.07) is 5.83. The lowest BCUT2D eigenvalue weighted by Gasteiger charge is -2.17. The summed E-state index contributed by atoms with van der Waals surface area (Å²) >= 11 is 2.94. The Morgan fingerprint density at radius 1 is 1.33 bits per heavy atom. The highest BCUT2D eigenvalue weighted by atomic mass is 32.1. The van der Waals surface area contributed by atoms with Gasteiger partial charge in [-0.05, 0) is 40.9 Å². The van der Waals surface area contributed by atoms with Crippen molar-refractivity contribution in [1.29, 1.82) is 0 Å². The van der Waals surface area contributed by atoms with Crippen LogP contribution >= 0.6 is 22.7 Å². The molecular formula is C19H21N3O3S2. The number of anilines is 1. The summed E-state index contributed by atoms with van der Waals surface area (Å²) in [6.07, 6.45) is 5.79. The predicted octanol–water partition coefficient (Wildman–Crippen LogP) is 4.36. The first-order chi connectivity index (χ1) is 13.1. The number of esters is 1. The summed E-state index contributed by atoms with van der Waals surface area (Å²) in [7, 11) is 1.33. The van der Waals surface area contributed by atoms with E-state index < -0.39 is 5.97 Å². The summed E-state index contributed by atoms with van der Waals surface area (Å²) in [5.74, 6) is -0.619. The molecule has 27 heavy (non-hydrogen) atoms. The van der Waals surface area contributed by atoms with Gasteiger partial charge in [0.2, 0.25) is 5.91 Å². The van der Waals surface area contributed by atoms with E-state index in [4.69, 9.17) is 4.74 Å². The SMILES string of the molecule is CCCc1sc(NC(=O)CC(c2ccsc2)n2cccc2)nc1C(=O)OC. The van der Waals surface area contributed by atoms with Crippen molar-refractivity contribution in [2.45, 2.75) is 32.2 Å². The highest BCUT2D eigenvalue weighted by Crippen LogP contribution is 2.28. The van der Waals surface area contributed by atoms with Crippen LogP contribution in [0.15, 0.2) is 41.4 Å². The molecule has 3 rings (SSSR count). The van der Waals surface area contributed by atoms with Crippen LogP contribution in [0.1, 0.15) is 46.7 Å². The summed E-state index contributed by atoms with van der Waals surface area (Å²) in [5.41, 5.74) is 1.38. The lowest BCUT2D eigenvalue weighted by Crippen LogP contribution is -2.19. The van der Waals surface area contributed by atoms with E-state index in [0.29, 0.717) is 10.8 Å². The Morgan fingerprint density at radius 2 is 2.11 bits per heavy atom. The highest BCUT2D eigenvalue weighted by molar-refractivity contribution is 7.16. The molecule has 1 N–H and O–H groups in total. The minimum Gasteiger partial charge on any atom is -0.464 e. The van der Waals surface area contributed by atoms with Gasteiger partial charge in [-0.1, -0.05) is 13.3 Å². The number of thiazole rings is 1. The Hall–Kier alpha value is -2.45. The van der Waals surface area contributed by atoms with Gasteiger partial charge in [0.15, 0.2) is 10.8 Å². The standard InChI is InChI=1S/C19H21N3O3S2/c1-3-6-15-17(18(24)25-2)21-19(27-15)20-16(23)11-14(13-7-10-26-12-13)22-8-4-5-9-22/h4-5,7-10,12,14H,3,6,11H2,1-2H3,(H,20,21,23). The van der Waals surface area contributed by atoms with Crippen LogP contribution in [0.25, 0.3) is 0 Å². The molecule has 0 aromatic carbocycles. The van der Waals surface area contributed by atoms with E-state index in [1.807, 2.05) is 47.5 Å². The Kier molecular flexibility index (Phi) is 6.41. The second-order valence-corrected chi connectivity index (χ2v) is 7.85. The zero-order valence-electron chi connectivity index (χ0n) is 15.2. The van der Waals surface area contributed by atoms with Gasteiger partial charge >= 0.3 is 5.97 Å². The van der Waals surface area contributed by atoms with Crippen LogP contribution in [0, 0.1) is 0 Å². The second kappa shape index (κ2) is 8.96.